The smallest absolute Gasteiger partial charge is 0.238 e. The summed E-state index contributed by atoms with van der Waals surface area (Å²) in [6, 6.07) is 8.10. The van der Waals surface area contributed by atoms with Crippen molar-refractivity contribution in [2.75, 3.05) is 38.0 Å². The zero-order valence-electron chi connectivity index (χ0n) is 16.7. The van der Waals surface area contributed by atoms with Crippen LogP contribution in [0.3, 0.4) is 0 Å². The number of rotatable bonds is 6. The zero-order valence-corrected chi connectivity index (χ0v) is 16.7. The van der Waals surface area contributed by atoms with Crippen LogP contribution in [0.1, 0.15) is 57.4 Å². The minimum Gasteiger partial charge on any atom is -0.343 e. The lowest BCUT2D eigenvalue weighted by atomic mass is 9.93. The fourth-order valence-electron chi connectivity index (χ4n) is 4.05. The topological polar surface area (TPSA) is 52.7 Å². The number of nitrogens with one attached hydrogen (secondary N) is 1. The molecule has 2 fully saturated rings. The summed E-state index contributed by atoms with van der Waals surface area (Å²) >= 11 is 0. The molecular weight excluding hydrogens is 338 g/mol. The lowest BCUT2D eigenvalue weighted by Gasteiger charge is -2.31. The van der Waals surface area contributed by atoms with E-state index in [2.05, 4.69) is 36.2 Å². The highest BCUT2D eigenvalue weighted by atomic mass is 16.2. The lowest BCUT2D eigenvalue weighted by Crippen LogP contribution is -2.40. The maximum absolute atomic E-state index is 12.3. The molecule has 0 aromatic heterocycles. The first-order valence-electron chi connectivity index (χ1n) is 10.4. The van der Waals surface area contributed by atoms with Gasteiger partial charge in [-0.2, -0.15) is 0 Å². The molecule has 0 atom stereocenters. The molecule has 2 saturated heterocycles. The molecule has 0 radical (unpaired) electrons. The molecule has 0 bridgehead atoms. The van der Waals surface area contributed by atoms with E-state index in [0.29, 0.717) is 30.7 Å². The van der Waals surface area contributed by atoms with Crippen molar-refractivity contribution >= 4 is 17.5 Å². The van der Waals surface area contributed by atoms with Crippen molar-refractivity contribution in [3.63, 3.8) is 0 Å². The third kappa shape index (κ3) is 5.80. The molecule has 5 nitrogen and oxygen atoms in total. The van der Waals surface area contributed by atoms with Crippen molar-refractivity contribution in [3.05, 3.63) is 29.8 Å². The Hall–Kier alpha value is -1.88. The molecule has 0 unspecified atom stereocenters. The number of nitrogens with zero attached hydrogens (tertiary/aromatic N) is 2. The molecule has 0 saturated carbocycles. The van der Waals surface area contributed by atoms with Crippen LogP contribution in [-0.4, -0.2) is 54.3 Å². The minimum atomic E-state index is 0.0406. The average Bonchev–Trinajstić information content (AvgIpc) is 3.18. The van der Waals surface area contributed by atoms with Gasteiger partial charge in [0, 0.05) is 25.2 Å². The molecule has 3 rings (SSSR count). The van der Waals surface area contributed by atoms with Gasteiger partial charge in [0.25, 0.3) is 0 Å². The van der Waals surface area contributed by atoms with Gasteiger partial charge in [-0.3, -0.25) is 14.5 Å². The second-order valence-electron chi connectivity index (χ2n) is 8.34. The fraction of sp³-hybridized carbons (Fsp3) is 0.636. The number of piperidine rings is 1. The molecule has 2 heterocycles. The van der Waals surface area contributed by atoms with Crippen molar-refractivity contribution in [2.45, 2.75) is 51.9 Å². The van der Waals surface area contributed by atoms with Gasteiger partial charge in [0.15, 0.2) is 0 Å². The van der Waals surface area contributed by atoms with Gasteiger partial charge in [0.05, 0.1) is 6.54 Å². The Morgan fingerprint density at radius 3 is 2.26 bits per heavy atom. The van der Waals surface area contributed by atoms with E-state index in [0.717, 1.165) is 57.5 Å². The Balaban J connectivity index is 1.38. The van der Waals surface area contributed by atoms with E-state index in [4.69, 9.17) is 0 Å². The predicted octanol–water partition coefficient (Wildman–Crippen LogP) is 3.47. The average molecular weight is 372 g/mol. The molecule has 1 aromatic carbocycles. The molecular formula is C22H33N3O2. The van der Waals surface area contributed by atoms with Crippen LogP contribution in [0.25, 0.3) is 0 Å². The van der Waals surface area contributed by atoms with Crippen LogP contribution in [0.4, 0.5) is 5.69 Å². The van der Waals surface area contributed by atoms with Gasteiger partial charge in [-0.25, -0.2) is 0 Å². The molecule has 2 aliphatic rings. The van der Waals surface area contributed by atoms with E-state index >= 15 is 0 Å². The minimum absolute atomic E-state index is 0.0406. The summed E-state index contributed by atoms with van der Waals surface area (Å²) in [5.41, 5.74) is 2.13. The summed E-state index contributed by atoms with van der Waals surface area (Å²) in [7, 11) is 0. The monoisotopic (exact) mass is 371 g/mol. The van der Waals surface area contributed by atoms with Crippen molar-refractivity contribution in [2.24, 2.45) is 5.92 Å². The van der Waals surface area contributed by atoms with Crippen molar-refractivity contribution < 1.29 is 9.59 Å². The van der Waals surface area contributed by atoms with Crippen LogP contribution in [-0.2, 0) is 9.59 Å². The Morgan fingerprint density at radius 2 is 1.67 bits per heavy atom. The van der Waals surface area contributed by atoms with Gasteiger partial charge in [-0.15, -0.1) is 0 Å². The normalized spacial score (nSPS) is 18.9. The van der Waals surface area contributed by atoms with Gasteiger partial charge in [-0.05, 0) is 68.3 Å². The van der Waals surface area contributed by atoms with E-state index in [1.807, 2.05) is 17.0 Å². The second kappa shape index (κ2) is 9.36. The molecule has 0 aliphatic carbocycles. The first-order valence-corrected chi connectivity index (χ1v) is 10.4. The third-order valence-corrected chi connectivity index (χ3v) is 5.86. The highest BCUT2D eigenvalue weighted by molar-refractivity contribution is 5.92. The summed E-state index contributed by atoms with van der Waals surface area (Å²) in [5, 5.41) is 2.99. The van der Waals surface area contributed by atoms with Gasteiger partial charge in [0.2, 0.25) is 11.8 Å². The quantitative estimate of drug-likeness (QED) is 0.833. The number of likely N-dealkylation sites (tertiary alicyclic amines) is 2. The first kappa shape index (κ1) is 19.9. The van der Waals surface area contributed by atoms with Crippen molar-refractivity contribution in [1.82, 2.24) is 9.80 Å². The summed E-state index contributed by atoms with van der Waals surface area (Å²) < 4.78 is 0. The molecule has 1 aromatic rings. The Labute approximate surface area is 163 Å². The van der Waals surface area contributed by atoms with E-state index < -0.39 is 0 Å². The highest BCUT2D eigenvalue weighted by Gasteiger charge is 2.25. The number of amides is 2. The van der Waals surface area contributed by atoms with Crippen LogP contribution < -0.4 is 5.32 Å². The van der Waals surface area contributed by atoms with Gasteiger partial charge in [0.1, 0.15) is 0 Å². The lowest BCUT2D eigenvalue weighted by molar-refractivity contribution is -0.131. The third-order valence-electron chi connectivity index (χ3n) is 5.86. The van der Waals surface area contributed by atoms with E-state index in [1.165, 1.54) is 5.56 Å². The summed E-state index contributed by atoms with van der Waals surface area (Å²) in [5.74, 6) is 1.34. The maximum atomic E-state index is 12.3. The molecule has 1 N–H and O–H groups in total. The molecule has 2 aliphatic heterocycles. The van der Waals surface area contributed by atoms with Crippen molar-refractivity contribution in [1.29, 1.82) is 0 Å². The summed E-state index contributed by atoms with van der Waals surface area (Å²) in [6.45, 7) is 8.44. The molecule has 0 spiro atoms. The summed E-state index contributed by atoms with van der Waals surface area (Å²) in [4.78, 5) is 28.8. The number of anilines is 1. The number of carbonyl (C=O) groups excluding carboxylic acids is 2. The molecule has 5 heteroatoms. The fourth-order valence-corrected chi connectivity index (χ4v) is 4.05. The Bertz CT molecular complexity index is 627. The second-order valence-corrected chi connectivity index (χ2v) is 8.34. The maximum Gasteiger partial charge on any atom is 0.238 e. The Kier molecular flexibility index (Phi) is 6.89. The molecule has 27 heavy (non-hydrogen) atoms. The largest absolute Gasteiger partial charge is 0.343 e. The zero-order chi connectivity index (χ0) is 19.2. The van der Waals surface area contributed by atoms with E-state index in [9.17, 15) is 9.59 Å². The van der Waals surface area contributed by atoms with Gasteiger partial charge < -0.3 is 10.2 Å². The number of hydrogen-bond acceptors (Lipinski definition) is 3. The first-order chi connectivity index (χ1) is 13.0. The van der Waals surface area contributed by atoms with Gasteiger partial charge in [-0.1, -0.05) is 26.0 Å². The number of benzene rings is 1. The highest BCUT2D eigenvalue weighted by Crippen LogP contribution is 2.23. The number of carbonyl (C=O) groups is 2. The van der Waals surface area contributed by atoms with Crippen molar-refractivity contribution in [3.8, 4) is 0 Å². The SMILES string of the molecule is CC(C)c1ccc(NC(=O)CN2CCC(CC(=O)N3CCCC3)CC2)cc1. The van der Waals surface area contributed by atoms with E-state index in [1.54, 1.807) is 0 Å². The summed E-state index contributed by atoms with van der Waals surface area (Å²) in [6.07, 6.45) is 5.01. The van der Waals surface area contributed by atoms with Gasteiger partial charge >= 0.3 is 0 Å². The number of hydrogen-bond donors (Lipinski definition) is 1. The van der Waals surface area contributed by atoms with Crippen LogP contribution in [0, 0.1) is 5.92 Å². The van der Waals surface area contributed by atoms with Crippen LogP contribution in [0.5, 0.6) is 0 Å². The van der Waals surface area contributed by atoms with E-state index in [-0.39, 0.29) is 5.91 Å². The standard InChI is InChI=1S/C22H33N3O2/c1-17(2)19-5-7-20(8-6-19)23-21(26)16-24-13-9-18(10-14-24)15-22(27)25-11-3-4-12-25/h5-8,17-18H,3-4,9-16H2,1-2H3,(H,23,26). The van der Waals surface area contributed by atoms with Crippen LogP contribution in [0.15, 0.2) is 24.3 Å². The molecule has 2 amide bonds. The predicted molar refractivity (Wildman–Crippen MR) is 109 cm³/mol. The van der Waals surface area contributed by atoms with Crippen LogP contribution in [0.2, 0.25) is 0 Å². The Morgan fingerprint density at radius 1 is 1.04 bits per heavy atom. The molecule has 148 valence electrons. The van der Waals surface area contributed by atoms with Crippen LogP contribution >= 0.6 is 0 Å².